The molecule has 0 radical (unpaired) electrons. The summed E-state index contributed by atoms with van der Waals surface area (Å²) in [6.07, 6.45) is 11.9. The third-order valence-electron chi connectivity index (χ3n) is 6.21. The van der Waals surface area contributed by atoms with Crippen LogP contribution < -0.4 is 10.2 Å². The number of benzene rings is 1. The minimum atomic E-state index is 0.0231. The Balaban J connectivity index is 1.40. The summed E-state index contributed by atoms with van der Waals surface area (Å²) in [5.74, 6) is 1.08. The molecule has 5 nitrogen and oxygen atoms in total. The molecule has 1 aromatic carbocycles. The van der Waals surface area contributed by atoms with E-state index in [2.05, 4.69) is 50.5 Å². The highest BCUT2D eigenvalue weighted by atomic mass is 16.1. The average Bonchev–Trinajstić information content (AvgIpc) is 3.24. The molecule has 1 N–H and O–H groups in total. The molecule has 0 spiro atoms. The first-order valence-corrected chi connectivity index (χ1v) is 10.1. The normalized spacial score (nSPS) is 21.8. The van der Waals surface area contributed by atoms with Gasteiger partial charge < -0.3 is 10.2 Å². The van der Waals surface area contributed by atoms with Gasteiger partial charge in [0, 0.05) is 37.4 Å². The zero-order valence-electron chi connectivity index (χ0n) is 15.8. The fourth-order valence-electron chi connectivity index (χ4n) is 4.67. The molecule has 27 heavy (non-hydrogen) atoms. The van der Waals surface area contributed by atoms with Gasteiger partial charge in [0.2, 0.25) is 5.91 Å². The topological polar surface area (TPSA) is 58.1 Å². The molecule has 2 heterocycles. The lowest BCUT2D eigenvalue weighted by Gasteiger charge is -2.34. The molecular formula is C22H28N4O. The Morgan fingerprint density at radius 1 is 1.15 bits per heavy atom. The van der Waals surface area contributed by atoms with Gasteiger partial charge in [-0.3, -0.25) is 9.78 Å². The molecule has 1 aliphatic carbocycles. The molecule has 4 rings (SSSR count). The van der Waals surface area contributed by atoms with Crippen LogP contribution in [0, 0.1) is 5.92 Å². The summed E-state index contributed by atoms with van der Waals surface area (Å²) in [6, 6.07) is 10.7. The number of carbonyl (C=O) groups is 1. The van der Waals surface area contributed by atoms with Crippen LogP contribution in [0.1, 0.15) is 44.1 Å². The number of nitrogens with one attached hydrogen (secondary N) is 1. The van der Waals surface area contributed by atoms with E-state index in [-0.39, 0.29) is 17.2 Å². The van der Waals surface area contributed by atoms with Crippen LogP contribution in [0.2, 0.25) is 0 Å². The van der Waals surface area contributed by atoms with Crippen molar-refractivity contribution in [2.24, 2.45) is 5.92 Å². The molecule has 5 heteroatoms. The molecule has 1 saturated carbocycles. The fraction of sp³-hybridized carbons (Fsp3) is 0.500. The van der Waals surface area contributed by atoms with Gasteiger partial charge in [0.25, 0.3) is 0 Å². The van der Waals surface area contributed by atoms with Crippen LogP contribution in [0.25, 0.3) is 0 Å². The molecule has 1 saturated heterocycles. The average molecular weight is 364 g/mol. The second kappa shape index (κ2) is 8.07. The molecule has 1 aliphatic heterocycles. The number of rotatable bonds is 5. The molecule has 2 aromatic rings. The van der Waals surface area contributed by atoms with E-state index < -0.39 is 0 Å². The Morgan fingerprint density at radius 3 is 2.70 bits per heavy atom. The van der Waals surface area contributed by atoms with Gasteiger partial charge in [-0.15, -0.1) is 0 Å². The second-order valence-corrected chi connectivity index (χ2v) is 7.92. The standard InChI is InChI=1S/C22H28N4O/c27-21(18-7-6-14-26(16-18)20-15-23-12-13-24-20)25-17-22(10-4-5-11-22)19-8-2-1-3-9-19/h1-3,8-9,12-13,15,18H,4-7,10-11,14,16-17H2,(H,25,27)/t18-/m1/s1. The van der Waals surface area contributed by atoms with Gasteiger partial charge in [0.15, 0.2) is 0 Å². The van der Waals surface area contributed by atoms with E-state index in [0.717, 1.165) is 51.1 Å². The first-order chi connectivity index (χ1) is 13.3. The van der Waals surface area contributed by atoms with E-state index in [1.165, 1.54) is 18.4 Å². The van der Waals surface area contributed by atoms with Crippen molar-refractivity contribution in [2.75, 3.05) is 24.5 Å². The monoisotopic (exact) mass is 364 g/mol. The van der Waals surface area contributed by atoms with Crippen molar-refractivity contribution in [3.05, 3.63) is 54.5 Å². The van der Waals surface area contributed by atoms with Crippen LogP contribution >= 0.6 is 0 Å². The third kappa shape index (κ3) is 3.97. The van der Waals surface area contributed by atoms with Crippen molar-refractivity contribution in [2.45, 2.75) is 43.9 Å². The van der Waals surface area contributed by atoms with Gasteiger partial charge >= 0.3 is 0 Å². The quantitative estimate of drug-likeness (QED) is 0.884. The number of aromatic nitrogens is 2. The number of carbonyl (C=O) groups excluding carboxylic acids is 1. The highest BCUT2D eigenvalue weighted by molar-refractivity contribution is 5.79. The summed E-state index contributed by atoms with van der Waals surface area (Å²) in [5, 5.41) is 3.30. The maximum Gasteiger partial charge on any atom is 0.224 e. The minimum Gasteiger partial charge on any atom is -0.355 e. The molecule has 142 valence electrons. The van der Waals surface area contributed by atoms with Crippen LogP contribution in [0.3, 0.4) is 0 Å². The lowest BCUT2D eigenvalue weighted by atomic mass is 9.78. The van der Waals surface area contributed by atoms with E-state index >= 15 is 0 Å². The Kier molecular flexibility index (Phi) is 5.37. The van der Waals surface area contributed by atoms with Crippen LogP contribution in [-0.2, 0) is 10.2 Å². The maximum atomic E-state index is 12.9. The Hall–Kier alpha value is -2.43. The highest BCUT2D eigenvalue weighted by Gasteiger charge is 2.36. The van der Waals surface area contributed by atoms with Crippen molar-refractivity contribution >= 4 is 11.7 Å². The largest absolute Gasteiger partial charge is 0.355 e. The third-order valence-corrected chi connectivity index (χ3v) is 6.21. The molecule has 1 aromatic heterocycles. The van der Waals surface area contributed by atoms with Crippen LogP contribution in [0.4, 0.5) is 5.82 Å². The van der Waals surface area contributed by atoms with Crippen molar-refractivity contribution in [1.29, 1.82) is 0 Å². The molecule has 1 atom stereocenters. The number of piperidine rings is 1. The van der Waals surface area contributed by atoms with Gasteiger partial charge in [-0.2, -0.15) is 0 Å². The van der Waals surface area contributed by atoms with Crippen LogP contribution in [0.5, 0.6) is 0 Å². The summed E-state index contributed by atoms with van der Waals surface area (Å²) in [7, 11) is 0. The maximum absolute atomic E-state index is 12.9. The van der Waals surface area contributed by atoms with Gasteiger partial charge in [0.05, 0.1) is 12.1 Å². The molecule has 1 amide bonds. The van der Waals surface area contributed by atoms with Crippen molar-refractivity contribution in [3.63, 3.8) is 0 Å². The number of hydrogen-bond donors (Lipinski definition) is 1. The van der Waals surface area contributed by atoms with Gasteiger partial charge in [-0.1, -0.05) is 43.2 Å². The molecule has 0 bridgehead atoms. The van der Waals surface area contributed by atoms with E-state index in [1.54, 1.807) is 18.6 Å². The van der Waals surface area contributed by atoms with Crippen molar-refractivity contribution in [3.8, 4) is 0 Å². The summed E-state index contributed by atoms with van der Waals surface area (Å²) >= 11 is 0. The predicted molar refractivity (Wildman–Crippen MR) is 107 cm³/mol. The van der Waals surface area contributed by atoms with E-state index in [4.69, 9.17) is 0 Å². The Morgan fingerprint density at radius 2 is 1.96 bits per heavy atom. The zero-order chi connectivity index (χ0) is 18.5. The van der Waals surface area contributed by atoms with Gasteiger partial charge in [-0.25, -0.2) is 4.98 Å². The SMILES string of the molecule is O=C(NCC1(c2ccccc2)CCCC1)[C@@H]1CCCN(c2cnccn2)C1. The molecule has 2 fully saturated rings. The van der Waals surface area contributed by atoms with E-state index in [9.17, 15) is 4.79 Å². The first-order valence-electron chi connectivity index (χ1n) is 10.1. The van der Waals surface area contributed by atoms with E-state index in [0.29, 0.717) is 0 Å². The number of nitrogens with zero attached hydrogens (tertiary/aromatic N) is 3. The second-order valence-electron chi connectivity index (χ2n) is 7.92. The van der Waals surface area contributed by atoms with Crippen LogP contribution in [-0.4, -0.2) is 35.5 Å². The molecular weight excluding hydrogens is 336 g/mol. The number of anilines is 1. The minimum absolute atomic E-state index is 0.0231. The summed E-state index contributed by atoms with van der Waals surface area (Å²) in [4.78, 5) is 23.7. The zero-order valence-corrected chi connectivity index (χ0v) is 15.8. The lowest BCUT2D eigenvalue weighted by Crippen LogP contribution is -2.46. The number of amides is 1. The van der Waals surface area contributed by atoms with Crippen LogP contribution in [0.15, 0.2) is 48.9 Å². The first kappa shape index (κ1) is 18.0. The van der Waals surface area contributed by atoms with Gasteiger partial charge in [0.1, 0.15) is 5.82 Å². The summed E-state index contributed by atoms with van der Waals surface area (Å²) in [5.41, 5.74) is 1.48. The summed E-state index contributed by atoms with van der Waals surface area (Å²) in [6.45, 7) is 2.41. The lowest BCUT2D eigenvalue weighted by molar-refractivity contribution is -0.125. The van der Waals surface area contributed by atoms with Crippen molar-refractivity contribution < 1.29 is 4.79 Å². The Labute approximate surface area is 161 Å². The predicted octanol–water partition coefficient (Wildman–Crippen LogP) is 3.32. The molecule has 0 unspecified atom stereocenters. The summed E-state index contributed by atoms with van der Waals surface area (Å²) < 4.78 is 0. The Bertz CT molecular complexity index is 743. The smallest absolute Gasteiger partial charge is 0.224 e. The van der Waals surface area contributed by atoms with E-state index in [1.807, 2.05) is 0 Å². The molecule has 2 aliphatic rings. The number of hydrogen-bond acceptors (Lipinski definition) is 4. The van der Waals surface area contributed by atoms with Gasteiger partial charge in [-0.05, 0) is 31.2 Å². The fourth-order valence-corrected chi connectivity index (χ4v) is 4.67. The van der Waals surface area contributed by atoms with Crippen molar-refractivity contribution in [1.82, 2.24) is 15.3 Å². The highest BCUT2D eigenvalue weighted by Crippen LogP contribution is 2.40.